The van der Waals surface area contributed by atoms with E-state index in [-0.39, 0.29) is 6.17 Å². The van der Waals surface area contributed by atoms with Crippen molar-refractivity contribution in [2.24, 2.45) is 5.73 Å². The molecule has 0 saturated carbocycles. The monoisotopic (exact) mass is 115 g/mol. The zero-order valence-electron chi connectivity index (χ0n) is 5.22. The molecular formula is C5H13N3. The predicted octanol–water partition coefficient (Wildman–Crippen LogP) is -0.499. The SMILES string of the molecule is CN1CCCC(N)N1. The lowest BCUT2D eigenvalue weighted by molar-refractivity contribution is 0.149. The van der Waals surface area contributed by atoms with E-state index in [2.05, 4.69) is 5.43 Å². The highest BCUT2D eigenvalue weighted by molar-refractivity contribution is 4.63. The van der Waals surface area contributed by atoms with Gasteiger partial charge in [0.25, 0.3) is 0 Å². The van der Waals surface area contributed by atoms with Crippen LogP contribution < -0.4 is 11.2 Å². The third-order valence-corrected chi connectivity index (χ3v) is 1.39. The molecule has 3 nitrogen and oxygen atoms in total. The summed E-state index contributed by atoms with van der Waals surface area (Å²) in [6.07, 6.45) is 2.50. The van der Waals surface area contributed by atoms with Crippen molar-refractivity contribution in [1.29, 1.82) is 0 Å². The maximum Gasteiger partial charge on any atom is 0.0681 e. The Labute approximate surface area is 49.8 Å². The molecule has 3 N–H and O–H groups in total. The average molecular weight is 115 g/mol. The van der Waals surface area contributed by atoms with Crippen LogP contribution in [0.2, 0.25) is 0 Å². The zero-order chi connectivity index (χ0) is 5.98. The van der Waals surface area contributed by atoms with Gasteiger partial charge in [-0.3, -0.25) is 0 Å². The second kappa shape index (κ2) is 2.44. The maximum atomic E-state index is 5.57. The average Bonchev–Trinajstić information content (AvgIpc) is 1.64. The number of hydrogen-bond donors (Lipinski definition) is 2. The molecule has 1 atom stereocenters. The first-order chi connectivity index (χ1) is 3.79. The van der Waals surface area contributed by atoms with Crippen molar-refractivity contribution in [1.82, 2.24) is 10.4 Å². The van der Waals surface area contributed by atoms with Crippen LogP contribution in [0.4, 0.5) is 0 Å². The molecule has 0 aromatic heterocycles. The van der Waals surface area contributed by atoms with Gasteiger partial charge in [0.15, 0.2) is 0 Å². The second-order valence-electron chi connectivity index (χ2n) is 2.30. The van der Waals surface area contributed by atoms with Crippen LogP contribution in [0, 0.1) is 0 Å². The lowest BCUT2D eigenvalue weighted by Gasteiger charge is -2.28. The Morgan fingerprint density at radius 3 is 2.88 bits per heavy atom. The summed E-state index contributed by atoms with van der Waals surface area (Å²) in [6, 6.07) is 0. The molecule has 0 aromatic carbocycles. The van der Waals surface area contributed by atoms with E-state index >= 15 is 0 Å². The number of hydrogen-bond acceptors (Lipinski definition) is 3. The van der Waals surface area contributed by atoms with Crippen LogP contribution in [0.15, 0.2) is 0 Å². The third-order valence-electron chi connectivity index (χ3n) is 1.39. The summed E-state index contributed by atoms with van der Waals surface area (Å²) < 4.78 is 0. The summed E-state index contributed by atoms with van der Waals surface area (Å²) >= 11 is 0. The Morgan fingerprint density at radius 2 is 2.50 bits per heavy atom. The molecule has 1 fully saturated rings. The molecule has 1 aliphatic heterocycles. The van der Waals surface area contributed by atoms with Crippen LogP contribution in [0.1, 0.15) is 12.8 Å². The van der Waals surface area contributed by atoms with Gasteiger partial charge in [0.05, 0.1) is 6.17 Å². The van der Waals surface area contributed by atoms with Gasteiger partial charge in [0, 0.05) is 13.6 Å². The van der Waals surface area contributed by atoms with Crippen LogP contribution >= 0.6 is 0 Å². The van der Waals surface area contributed by atoms with E-state index in [9.17, 15) is 0 Å². The molecule has 0 aliphatic carbocycles. The number of nitrogens with two attached hydrogens (primary N) is 1. The molecule has 1 saturated heterocycles. The van der Waals surface area contributed by atoms with Crippen molar-refractivity contribution in [3.05, 3.63) is 0 Å². The van der Waals surface area contributed by atoms with Crippen molar-refractivity contribution in [3.8, 4) is 0 Å². The number of nitrogens with one attached hydrogen (secondary N) is 1. The first kappa shape index (κ1) is 6.01. The number of rotatable bonds is 0. The molecule has 0 spiro atoms. The Balaban J connectivity index is 2.23. The molecule has 0 bridgehead atoms. The highest BCUT2D eigenvalue weighted by atomic mass is 15.5. The van der Waals surface area contributed by atoms with E-state index in [1.54, 1.807) is 0 Å². The minimum atomic E-state index is 0.189. The Bertz CT molecular complexity index is 66.1. The molecule has 1 heterocycles. The first-order valence-electron chi connectivity index (χ1n) is 3.02. The molecule has 8 heavy (non-hydrogen) atoms. The van der Waals surface area contributed by atoms with E-state index < -0.39 is 0 Å². The highest BCUT2D eigenvalue weighted by Gasteiger charge is 2.10. The maximum absolute atomic E-state index is 5.57. The number of hydrazine groups is 1. The van der Waals surface area contributed by atoms with Crippen LogP contribution in [-0.4, -0.2) is 24.8 Å². The fraction of sp³-hybridized carbons (Fsp3) is 1.00. The Morgan fingerprint density at radius 1 is 1.75 bits per heavy atom. The van der Waals surface area contributed by atoms with Gasteiger partial charge in [0.1, 0.15) is 0 Å². The van der Waals surface area contributed by atoms with Crippen molar-refractivity contribution < 1.29 is 0 Å². The van der Waals surface area contributed by atoms with Gasteiger partial charge in [-0.2, -0.15) is 0 Å². The number of nitrogens with zero attached hydrogens (tertiary/aromatic N) is 1. The lowest BCUT2D eigenvalue weighted by Crippen LogP contribution is -2.51. The summed E-state index contributed by atoms with van der Waals surface area (Å²) in [5, 5.41) is 2.04. The van der Waals surface area contributed by atoms with E-state index in [0.717, 1.165) is 13.0 Å². The van der Waals surface area contributed by atoms with Crippen molar-refractivity contribution >= 4 is 0 Å². The lowest BCUT2D eigenvalue weighted by atomic mass is 10.2. The van der Waals surface area contributed by atoms with Crippen LogP contribution in [0.5, 0.6) is 0 Å². The summed E-state index contributed by atoms with van der Waals surface area (Å²) in [7, 11) is 2.01. The third kappa shape index (κ3) is 1.43. The molecule has 1 rings (SSSR count). The smallest absolute Gasteiger partial charge is 0.0681 e. The van der Waals surface area contributed by atoms with Gasteiger partial charge < -0.3 is 5.73 Å². The molecule has 48 valence electrons. The topological polar surface area (TPSA) is 41.3 Å². The minimum absolute atomic E-state index is 0.189. The van der Waals surface area contributed by atoms with Crippen LogP contribution in [0.25, 0.3) is 0 Å². The Hall–Kier alpha value is -0.120. The minimum Gasteiger partial charge on any atom is -0.315 e. The van der Waals surface area contributed by atoms with Gasteiger partial charge in [-0.15, -0.1) is 0 Å². The Kier molecular flexibility index (Phi) is 1.83. The summed E-state index contributed by atoms with van der Waals surface area (Å²) in [5.41, 5.74) is 8.66. The molecule has 0 radical (unpaired) electrons. The predicted molar refractivity (Wildman–Crippen MR) is 33.0 cm³/mol. The largest absolute Gasteiger partial charge is 0.315 e. The fourth-order valence-electron chi connectivity index (χ4n) is 0.961. The van der Waals surface area contributed by atoms with E-state index in [0.29, 0.717) is 0 Å². The molecule has 0 amide bonds. The quantitative estimate of drug-likeness (QED) is 0.447. The van der Waals surface area contributed by atoms with Gasteiger partial charge in [-0.25, -0.2) is 10.4 Å². The van der Waals surface area contributed by atoms with Crippen LogP contribution in [0.3, 0.4) is 0 Å². The zero-order valence-corrected chi connectivity index (χ0v) is 5.22. The van der Waals surface area contributed by atoms with Crippen molar-refractivity contribution in [2.75, 3.05) is 13.6 Å². The summed E-state index contributed by atoms with van der Waals surface area (Å²) in [4.78, 5) is 0. The summed E-state index contributed by atoms with van der Waals surface area (Å²) in [6.45, 7) is 1.12. The second-order valence-corrected chi connectivity index (χ2v) is 2.30. The molecule has 1 aliphatic rings. The molecule has 1 unspecified atom stereocenters. The van der Waals surface area contributed by atoms with Crippen molar-refractivity contribution in [2.45, 2.75) is 19.0 Å². The summed E-state index contributed by atoms with van der Waals surface area (Å²) in [5.74, 6) is 0. The molecular weight excluding hydrogens is 102 g/mol. The fourth-order valence-corrected chi connectivity index (χ4v) is 0.961. The van der Waals surface area contributed by atoms with E-state index in [4.69, 9.17) is 5.73 Å². The first-order valence-corrected chi connectivity index (χ1v) is 3.02. The normalized spacial score (nSPS) is 33.0. The van der Waals surface area contributed by atoms with Gasteiger partial charge in [-0.05, 0) is 12.8 Å². The van der Waals surface area contributed by atoms with Gasteiger partial charge >= 0.3 is 0 Å². The van der Waals surface area contributed by atoms with E-state index in [1.807, 2.05) is 12.1 Å². The van der Waals surface area contributed by atoms with Gasteiger partial charge in [-0.1, -0.05) is 0 Å². The molecule has 0 aromatic rings. The van der Waals surface area contributed by atoms with Crippen LogP contribution in [-0.2, 0) is 0 Å². The molecule has 3 heteroatoms. The van der Waals surface area contributed by atoms with Crippen molar-refractivity contribution in [3.63, 3.8) is 0 Å². The standard InChI is InChI=1S/C5H13N3/c1-8-4-2-3-5(6)7-8/h5,7H,2-4,6H2,1H3. The van der Waals surface area contributed by atoms with E-state index in [1.165, 1.54) is 6.42 Å². The van der Waals surface area contributed by atoms with Gasteiger partial charge in [0.2, 0.25) is 0 Å². The highest BCUT2D eigenvalue weighted by Crippen LogP contribution is 1.99.